The van der Waals surface area contributed by atoms with E-state index in [4.69, 9.17) is 0 Å². The van der Waals surface area contributed by atoms with Crippen molar-refractivity contribution in [1.29, 1.82) is 0 Å². The van der Waals surface area contributed by atoms with Gasteiger partial charge in [-0.15, -0.1) is 24.0 Å². The number of hydrogen-bond donors (Lipinski definition) is 1. The van der Waals surface area contributed by atoms with Gasteiger partial charge in [0.15, 0.2) is 5.96 Å². The third-order valence-corrected chi connectivity index (χ3v) is 5.53. The van der Waals surface area contributed by atoms with Gasteiger partial charge in [0.1, 0.15) is 6.54 Å². The van der Waals surface area contributed by atoms with Gasteiger partial charge in [-0.3, -0.25) is 4.79 Å². The van der Waals surface area contributed by atoms with E-state index < -0.39 is 0 Å². The van der Waals surface area contributed by atoms with Gasteiger partial charge in [-0.1, -0.05) is 20.8 Å². The number of nitrogens with zero attached hydrogens (tertiary/aromatic N) is 3. The second-order valence-corrected chi connectivity index (χ2v) is 7.83. The number of carbonyl (C=O) groups is 1. The van der Waals surface area contributed by atoms with Gasteiger partial charge in [0.05, 0.1) is 0 Å². The van der Waals surface area contributed by atoms with Gasteiger partial charge in [0.25, 0.3) is 0 Å². The van der Waals surface area contributed by atoms with E-state index in [2.05, 4.69) is 42.9 Å². The first-order valence-electron chi connectivity index (χ1n) is 8.22. The summed E-state index contributed by atoms with van der Waals surface area (Å²) in [5, 5.41) is 4.11. The van der Waals surface area contributed by atoms with Gasteiger partial charge in [0, 0.05) is 44.2 Å². The van der Waals surface area contributed by atoms with E-state index in [1.165, 1.54) is 0 Å². The molecule has 136 valence electrons. The summed E-state index contributed by atoms with van der Waals surface area (Å²) in [6.45, 7) is 11.1. The van der Waals surface area contributed by atoms with Crippen LogP contribution >= 0.6 is 35.7 Å². The Morgan fingerprint density at radius 2 is 2.04 bits per heavy atom. The Labute approximate surface area is 163 Å². The summed E-state index contributed by atoms with van der Waals surface area (Å²) in [5.41, 5.74) is 0. The number of aliphatic imine (C=N–C) groups is 1. The second kappa shape index (κ2) is 11.4. The van der Waals surface area contributed by atoms with Gasteiger partial charge in [-0.05, 0) is 19.3 Å². The van der Waals surface area contributed by atoms with Crippen molar-refractivity contribution in [3.8, 4) is 0 Å². The highest BCUT2D eigenvalue weighted by Gasteiger charge is 2.25. The van der Waals surface area contributed by atoms with Crippen molar-refractivity contribution in [2.24, 2.45) is 10.9 Å². The fraction of sp³-hybridized carbons (Fsp3) is 0.875. The molecule has 0 aromatic carbocycles. The molecule has 1 aliphatic rings. The largest absolute Gasteiger partial charge is 0.354 e. The average Bonchev–Trinajstić information content (AvgIpc) is 2.50. The minimum absolute atomic E-state index is 0. The van der Waals surface area contributed by atoms with Crippen molar-refractivity contribution >= 4 is 47.6 Å². The average molecular weight is 456 g/mol. The summed E-state index contributed by atoms with van der Waals surface area (Å²) >= 11 is 2.05. The molecule has 0 bridgehead atoms. The molecule has 1 rings (SSSR count). The number of hydrogen-bond acceptors (Lipinski definition) is 3. The number of halogens is 1. The Bertz CT molecular complexity index is 390. The smallest absolute Gasteiger partial charge is 0.243 e. The van der Waals surface area contributed by atoms with Gasteiger partial charge in [0.2, 0.25) is 5.91 Å². The number of amides is 1. The monoisotopic (exact) mass is 456 g/mol. The van der Waals surface area contributed by atoms with E-state index in [0.717, 1.165) is 31.2 Å². The SMILES string of the molecule is CCC(C)NC(=NCC(=O)N(C)C)N1CCSC(C(C)C)C1.I. The minimum Gasteiger partial charge on any atom is -0.354 e. The Morgan fingerprint density at radius 1 is 1.39 bits per heavy atom. The van der Waals surface area contributed by atoms with Gasteiger partial charge in [-0.25, -0.2) is 4.99 Å². The zero-order valence-corrected chi connectivity index (χ0v) is 18.5. The molecule has 0 saturated carbocycles. The zero-order valence-electron chi connectivity index (χ0n) is 15.3. The van der Waals surface area contributed by atoms with Crippen LogP contribution in [0.4, 0.5) is 0 Å². The highest BCUT2D eigenvalue weighted by Crippen LogP contribution is 2.24. The van der Waals surface area contributed by atoms with E-state index in [-0.39, 0.29) is 36.4 Å². The lowest BCUT2D eigenvalue weighted by Crippen LogP contribution is -2.51. The van der Waals surface area contributed by atoms with Crippen molar-refractivity contribution in [3.63, 3.8) is 0 Å². The third-order valence-electron chi connectivity index (χ3n) is 3.99. The van der Waals surface area contributed by atoms with Crippen LogP contribution in [0.25, 0.3) is 0 Å². The summed E-state index contributed by atoms with van der Waals surface area (Å²) in [6, 6.07) is 0.361. The third kappa shape index (κ3) is 7.96. The first-order chi connectivity index (χ1) is 10.3. The lowest BCUT2D eigenvalue weighted by atomic mass is 10.1. The summed E-state index contributed by atoms with van der Waals surface area (Å²) in [5.74, 6) is 2.69. The Hall–Kier alpha value is -0.180. The minimum atomic E-state index is 0. The lowest BCUT2D eigenvalue weighted by molar-refractivity contribution is -0.127. The number of carbonyl (C=O) groups excluding carboxylic acids is 1. The van der Waals surface area contributed by atoms with Crippen LogP contribution in [0.5, 0.6) is 0 Å². The van der Waals surface area contributed by atoms with E-state index in [1.807, 2.05) is 11.8 Å². The zero-order chi connectivity index (χ0) is 16.7. The maximum Gasteiger partial charge on any atom is 0.243 e. The number of likely N-dealkylation sites (N-methyl/N-ethyl adjacent to an activating group) is 1. The molecule has 1 fully saturated rings. The van der Waals surface area contributed by atoms with E-state index in [0.29, 0.717) is 17.2 Å². The normalized spacial score (nSPS) is 20.0. The molecule has 1 heterocycles. The van der Waals surface area contributed by atoms with E-state index in [1.54, 1.807) is 19.0 Å². The standard InChI is InChI=1S/C16H32N4OS.HI/c1-7-13(4)18-16(17-10-15(21)19(5)6)20-8-9-22-14(11-20)12(2)3;/h12-14H,7-11H2,1-6H3,(H,17,18);1H. The number of thioether (sulfide) groups is 1. The Morgan fingerprint density at radius 3 is 2.57 bits per heavy atom. The highest BCUT2D eigenvalue weighted by molar-refractivity contribution is 14.0. The fourth-order valence-electron chi connectivity index (χ4n) is 2.11. The summed E-state index contributed by atoms with van der Waals surface area (Å²) < 4.78 is 0. The molecule has 5 nitrogen and oxygen atoms in total. The molecule has 1 amide bonds. The quantitative estimate of drug-likeness (QED) is 0.393. The first-order valence-corrected chi connectivity index (χ1v) is 9.27. The topological polar surface area (TPSA) is 47.9 Å². The molecular formula is C16H33IN4OS. The predicted octanol–water partition coefficient (Wildman–Crippen LogP) is 2.51. The molecule has 0 radical (unpaired) electrons. The van der Waals surface area contributed by atoms with Crippen LogP contribution in [0.1, 0.15) is 34.1 Å². The molecule has 7 heteroatoms. The highest BCUT2D eigenvalue weighted by atomic mass is 127. The van der Waals surface area contributed by atoms with E-state index in [9.17, 15) is 4.79 Å². The molecule has 2 unspecified atom stereocenters. The lowest BCUT2D eigenvalue weighted by Gasteiger charge is -2.37. The maximum atomic E-state index is 11.8. The molecule has 0 spiro atoms. The molecule has 1 saturated heterocycles. The molecular weight excluding hydrogens is 423 g/mol. The van der Waals surface area contributed by atoms with Crippen LogP contribution in [-0.4, -0.2) is 72.4 Å². The molecule has 0 aliphatic carbocycles. The van der Waals surface area contributed by atoms with Gasteiger partial charge < -0.3 is 15.1 Å². The van der Waals surface area contributed by atoms with Crippen LogP contribution < -0.4 is 5.32 Å². The molecule has 1 aliphatic heterocycles. The van der Waals surface area contributed by atoms with Crippen LogP contribution in [0.2, 0.25) is 0 Å². The van der Waals surface area contributed by atoms with E-state index >= 15 is 0 Å². The predicted molar refractivity (Wildman–Crippen MR) is 112 cm³/mol. The number of nitrogens with one attached hydrogen (secondary N) is 1. The fourth-order valence-corrected chi connectivity index (χ4v) is 3.41. The number of rotatable bonds is 5. The summed E-state index contributed by atoms with van der Waals surface area (Å²) in [6.07, 6.45) is 1.04. The molecule has 0 aromatic heterocycles. The van der Waals surface area contributed by atoms with Gasteiger partial charge in [-0.2, -0.15) is 11.8 Å². The summed E-state index contributed by atoms with van der Waals surface area (Å²) in [4.78, 5) is 20.3. The van der Waals surface area contributed by atoms with Crippen LogP contribution in [-0.2, 0) is 4.79 Å². The van der Waals surface area contributed by atoms with Crippen LogP contribution in [0.3, 0.4) is 0 Å². The van der Waals surface area contributed by atoms with Crippen molar-refractivity contribution in [3.05, 3.63) is 0 Å². The molecule has 1 N–H and O–H groups in total. The molecule has 23 heavy (non-hydrogen) atoms. The Balaban J connectivity index is 0.00000484. The van der Waals surface area contributed by atoms with Crippen molar-refractivity contribution in [2.75, 3.05) is 39.5 Å². The first kappa shape index (κ1) is 22.8. The van der Waals surface area contributed by atoms with Crippen molar-refractivity contribution in [2.45, 2.75) is 45.4 Å². The van der Waals surface area contributed by atoms with Crippen LogP contribution in [0, 0.1) is 5.92 Å². The van der Waals surface area contributed by atoms with Crippen LogP contribution in [0.15, 0.2) is 4.99 Å². The molecule has 0 aromatic rings. The Kier molecular flexibility index (Phi) is 11.3. The van der Waals surface area contributed by atoms with Crippen molar-refractivity contribution < 1.29 is 4.79 Å². The summed E-state index contributed by atoms with van der Waals surface area (Å²) in [7, 11) is 3.54. The second-order valence-electron chi connectivity index (χ2n) is 6.48. The molecule has 2 atom stereocenters. The number of guanidine groups is 1. The van der Waals surface area contributed by atoms with Gasteiger partial charge >= 0.3 is 0 Å². The maximum absolute atomic E-state index is 11.8. The van der Waals surface area contributed by atoms with Crippen molar-refractivity contribution in [1.82, 2.24) is 15.1 Å².